The number of imidazole rings is 1. The van der Waals surface area contributed by atoms with E-state index in [1.54, 1.807) is 0 Å². The van der Waals surface area contributed by atoms with Crippen LogP contribution in [0.2, 0.25) is 0 Å². The van der Waals surface area contributed by atoms with Crippen LogP contribution in [0.3, 0.4) is 0 Å². The number of aryl methyl sites for hydroxylation is 1. The lowest BCUT2D eigenvalue weighted by atomic mass is 9.81. The summed E-state index contributed by atoms with van der Waals surface area (Å²) in [4.78, 5) is 38.5. The predicted octanol–water partition coefficient (Wildman–Crippen LogP) is 4.11. The highest BCUT2D eigenvalue weighted by Crippen LogP contribution is 2.43. The third kappa shape index (κ3) is 6.78. The quantitative estimate of drug-likeness (QED) is 0.335. The standard InChI is InChI=1S/C29H36F6N10O3/c1-16-21(42-48-41-16)23(46)40-22(17-4-6-28(31,32)7-5-17)18-13-45-24(37-18)38-19(12-36-45)27(8-10-43(11-9-27)15-26(2,3)30)44-14-20(29(33,34)35)39-25(44)47/h12-13,17,20,22H,4-11,14-15H2,1-3H3,(H,39,47)(H,40,46)/t20-,22+/m1/s1. The van der Waals surface area contributed by atoms with Gasteiger partial charge in [0.05, 0.1) is 41.9 Å². The lowest BCUT2D eigenvalue weighted by Gasteiger charge is -2.46. The molecule has 2 aliphatic heterocycles. The van der Waals surface area contributed by atoms with Crippen LogP contribution in [0.15, 0.2) is 17.0 Å². The molecule has 3 aliphatic rings. The smallest absolute Gasteiger partial charge is 0.342 e. The number of halogens is 6. The Morgan fingerprint density at radius 3 is 2.38 bits per heavy atom. The number of fused-ring (bicyclic) bond motifs is 1. The molecule has 2 N–H and O–H groups in total. The fourth-order valence-corrected chi connectivity index (χ4v) is 7.01. The summed E-state index contributed by atoms with van der Waals surface area (Å²) in [7, 11) is 0. The molecule has 2 atom stereocenters. The van der Waals surface area contributed by atoms with Gasteiger partial charge < -0.3 is 15.5 Å². The Labute approximate surface area is 270 Å². The monoisotopic (exact) mass is 686 g/mol. The fraction of sp³-hybridized carbons (Fsp3) is 0.690. The minimum Gasteiger partial charge on any atom is -0.342 e. The van der Waals surface area contributed by atoms with Crippen molar-refractivity contribution in [1.29, 1.82) is 0 Å². The summed E-state index contributed by atoms with van der Waals surface area (Å²) in [6, 6.07) is -3.85. The zero-order valence-electron chi connectivity index (χ0n) is 26.5. The second-order valence-corrected chi connectivity index (χ2v) is 13.6. The van der Waals surface area contributed by atoms with Crippen LogP contribution in [0, 0.1) is 12.8 Å². The van der Waals surface area contributed by atoms with E-state index in [-0.39, 0.29) is 86.7 Å². The number of nitrogens with zero attached hydrogens (tertiary/aromatic N) is 8. The molecule has 3 amide bonds. The minimum atomic E-state index is -4.68. The molecule has 5 heterocycles. The van der Waals surface area contributed by atoms with Crippen molar-refractivity contribution >= 4 is 17.7 Å². The molecule has 13 nitrogen and oxygen atoms in total. The van der Waals surface area contributed by atoms with E-state index < -0.39 is 59.8 Å². The van der Waals surface area contributed by atoms with Crippen molar-refractivity contribution in [2.45, 2.75) is 94.7 Å². The molecule has 48 heavy (non-hydrogen) atoms. The molecular formula is C29H36F6N10O3. The third-order valence-electron chi connectivity index (χ3n) is 9.50. The maximum absolute atomic E-state index is 14.5. The molecule has 3 aromatic rings. The first-order chi connectivity index (χ1) is 22.4. The molecule has 0 unspecified atom stereocenters. The molecule has 0 bridgehead atoms. The third-order valence-corrected chi connectivity index (χ3v) is 9.50. The summed E-state index contributed by atoms with van der Waals surface area (Å²) >= 11 is 0. The summed E-state index contributed by atoms with van der Waals surface area (Å²) in [6.07, 6.45) is -2.09. The van der Waals surface area contributed by atoms with Gasteiger partial charge in [-0.05, 0) is 57.5 Å². The first-order valence-electron chi connectivity index (χ1n) is 15.7. The highest BCUT2D eigenvalue weighted by atomic mass is 19.4. The molecule has 1 saturated carbocycles. The molecule has 19 heteroatoms. The van der Waals surface area contributed by atoms with Crippen LogP contribution >= 0.6 is 0 Å². The Hall–Kier alpha value is -4.03. The summed E-state index contributed by atoms with van der Waals surface area (Å²) in [5.74, 6) is -3.87. The van der Waals surface area contributed by atoms with Crippen molar-refractivity contribution in [3.05, 3.63) is 35.2 Å². The molecule has 3 aromatic heterocycles. The number of aromatic nitrogens is 6. The van der Waals surface area contributed by atoms with Gasteiger partial charge in [0.1, 0.15) is 17.4 Å². The zero-order valence-corrected chi connectivity index (χ0v) is 26.5. The molecule has 3 fully saturated rings. The first-order valence-corrected chi connectivity index (χ1v) is 15.7. The highest BCUT2D eigenvalue weighted by molar-refractivity contribution is 5.93. The van der Waals surface area contributed by atoms with Crippen molar-refractivity contribution in [1.82, 2.24) is 50.3 Å². The van der Waals surface area contributed by atoms with E-state index in [4.69, 9.17) is 0 Å². The van der Waals surface area contributed by atoms with Crippen LogP contribution < -0.4 is 10.6 Å². The number of carbonyl (C=O) groups is 2. The summed E-state index contributed by atoms with van der Waals surface area (Å²) in [5, 5.41) is 16.5. The van der Waals surface area contributed by atoms with Gasteiger partial charge in [-0.15, -0.1) is 0 Å². The lowest BCUT2D eigenvalue weighted by molar-refractivity contribution is -0.151. The molecule has 262 valence electrons. The Morgan fingerprint density at radius 1 is 1.10 bits per heavy atom. The second-order valence-electron chi connectivity index (χ2n) is 13.6. The number of hydrogen-bond donors (Lipinski definition) is 2. The van der Waals surface area contributed by atoms with Gasteiger partial charge >= 0.3 is 12.2 Å². The highest BCUT2D eigenvalue weighted by Gasteiger charge is 2.54. The number of likely N-dealkylation sites (tertiary alicyclic amines) is 1. The first kappa shape index (κ1) is 33.9. The van der Waals surface area contributed by atoms with Gasteiger partial charge in [-0.3, -0.25) is 9.69 Å². The van der Waals surface area contributed by atoms with Crippen LogP contribution in [-0.4, -0.2) is 102 Å². The Kier molecular flexibility index (Phi) is 8.56. The van der Waals surface area contributed by atoms with Gasteiger partial charge in [0.2, 0.25) is 5.92 Å². The van der Waals surface area contributed by atoms with E-state index in [1.165, 1.54) is 37.7 Å². The predicted molar refractivity (Wildman–Crippen MR) is 155 cm³/mol. The van der Waals surface area contributed by atoms with Gasteiger partial charge in [-0.1, -0.05) is 5.16 Å². The molecule has 0 spiro atoms. The molecule has 2 saturated heterocycles. The fourth-order valence-electron chi connectivity index (χ4n) is 7.01. The average molecular weight is 687 g/mol. The topological polar surface area (TPSA) is 147 Å². The molecule has 1 aliphatic carbocycles. The van der Waals surface area contributed by atoms with Crippen molar-refractivity contribution in [3.8, 4) is 0 Å². The van der Waals surface area contributed by atoms with E-state index in [9.17, 15) is 35.9 Å². The van der Waals surface area contributed by atoms with E-state index in [0.29, 0.717) is 0 Å². The van der Waals surface area contributed by atoms with Gasteiger partial charge in [-0.2, -0.15) is 18.3 Å². The summed E-state index contributed by atoms with van der Waals surface area (Å²) in [6.45, 7) is 4.39. The van der Waals surface area contributed by atoms with Gasteiger partial charge in [0, 0.05) is 32.5 Å². The molecule has 0 aromatic carbocycles. The van der Waals surface area contributed by atoms with Crippen LogP contribution in [0.4, 0.5) is 31.1 Å². The van der Waals surface area contributed by atoms with E-state index in [0.717, 1.165) is 4.90 Å². The number of carbonyl (C=O) groups excluding carboxylic acids is 2. The molecule has 0 radical (unpaired) electrons. The Morgan fingerprint density at radius 2 is 1.79 bits per heavy atom. The number of rotatable bonds is 8. The average Bonchev–Trinajstić information content (AvgIpc) is 3.73. The Balaban J connectivity index is 1.35. The number of urea groups is 1. The number of amides is 3. The number of piperidine rings is 1. The zero-order chi connectivity index (χ0) is 34.6. The van der Waals surface area contributed by atoms with Gasteiger partial charge in [0.15, 0.2) is 5.69 Å². The van der Waals surface area contributed by atoms with Crippen LogP contribution in [0.25, 0.3) is 5.78 Å². The van der Waals surface area contributed by atoms with E-state index in [2.05, 4.69) is 35.3 Å². The van der Waals surface area contributed by atoms with Crippen molar-refractivity contribution in [2.75, 3.05) is 26.2 Å². The van der Waals surface area contributed by atoms with Crippen molar-refractivity contribution < 1.29 is 40.6 Å². The van der Waals surface area contributed by atoms with Crippen LogP contribution in [0.5, 0.6) is 0 Å². The van der Waals surface area contributed by atoms with Gasteiger partial charge in [-0.25, -0.2) is 37.1 Å². The van der Waals surface area contributed by atoms with E-state index >= 15 is 0 Å². The Bertz CT molecular complexity index is 1650. The number of nitrogens with one attached hydrogen (secondary N) is 2. The maximum atomic E-state index is 14.5. The maximum Gasteiger partial charge on any atom is 0.410 e. The van der Waals surface area contributed by atoms with Crippen molar-refractivity contribution in [2.24, 2.45) is 5.92 Å². The van der Waals surface area contributed by atoms with Crippen molar-refractivity contribution in [3.63, 3.8) is 0 Å². The number of alkyl halides is 6. The summed E-state index contributed by atoms with van der Waals surface area (Å²) in [5.41, 5.74) is -2.20. The number of hydrogen-bond acceptors (Lipinski definition) is 9. The SMILES string of the molecule is Cc1nonc1C(=O)N[C@H](c1cn2ncc(C3(N4C[C@H](C(F)(F)F)NC4=O)CCN(CC(C)(C)F)CC3)nc2n1)C1CCC(F)(F)CC1. The normalized spacial score (nSPS) is 23.0. The van der Waals surface area contributed by atoms with Crippen LogP contribution in [-0.2, 0) is 5.54 Å². The minimum absolute atomic E-state index is 0.0286. The molecule has 6 rings (SSSR count). The van der Waals surface area contributed by atoms with Gasteiger partial charge in [0.25, 0.3) is 11.7 Å². The second kappa shape index (κ2) is 12.1. The van der Waals surface area contributed by atoms with Crippen LogP contribution in [0.1, 0.15) is 86.0 Å². The summed E-state index contributed by atoms with van der Waals surface area (Å²) < 4.78 is 89.8. The lowest BCUT2D eigenvalue weighted by Crippen LogP contribution is -2.56. The molecular weight excluding hydrogens is 650 g/mol. The largest absolute Gasteiger partial charge is 0.410 e. The van der Waals surface area contributed by atoms with E-state index in [1.807, 2.05) is 10.2 Å².